The molecule has 0 atom stereocenters. The summed E-state index contributed by atoms with van der Waals surface area (Å²) in [4.78, 5) is 24.1. The Balaban J connectivity index is 1.36. The third-order valence-electron chi connectivity index (χ3n) is 4.24. The molecule has 0 unspecified atom stereocenters. The van der Waals surface area contributed by atoms with E-state index >= 15 is 0 Å². The van der Waals surface area contributed by atoms with E-state index in [1.165, 1.54) is 12.8 Å². The zero-order valence-electron chi connectivity index (χ0n) is 15.2. The van der Waals surface area contributed by atoms with Gasteiger partial charge in [0, 0.05) is 36.7 Å². The maximum absolute atomic E-state index is 12.2. The third-order valence-corrected chi connectivity index (χ3v) is 4.24. The maximum Gasteiger partial charge on any atom is 0.319 e. The molecule has 3 rings (SSSR count). The molecule has 3 N–H and O–H groups in total. The molecule has 6 nitrogen and oxygen atoms in total. The minimum absolute atomic E-state index is 0.191. The van der Waals surface area contributed by atoms with E-state index in [1.807, 2.05) is 30.3 Å². The molecule has 2 aromatic carbocycles. The SMILES string of the molecule is O=C(NCCCOCC1CC1)Nc1ccc(C(=O)Nc2ccccc2)cc1. The average Bonchev–Trinajstić information content (AvgIpc) is 3.50. The van der Waals surface area contributed by atoms with Gasteiger partial charge in [0.05, 0.1) is 0 Å². The number of urea groups is 1. The van der Waals surface area contributed by atoms with Crippen LogP contribution < -0.4 is 16.0 Å². The van der Waals surface area contributed by atoms with Crippen LogP contribution in [0.2, 0.25) is 0 Å². The molecular weight excluding hydrogens is 342 g/mol. The van der Waals surface area contributed by atoms with Crippen LogP contribution in [-0.4, -0.2) is 31.7 Å². The van der Waals surface area contributed by atoms with E-state index in [0.29, 0.717) is 24.4 Å². The summed E-state index contributed by atoms with van der Waals surface area (Å²) in [5, 5.41) is 8.37. The first-order chi connectivity index (χ1) is 13.2. The molecule has 0 heterocycles. The summed E-state index contributed by atoms with van der Waals surface area (Å²) in [6.07, 6.45) is 3.36. The number of benzene rings is 2. The van der Waals surface area contributed by atoms with Crippen LogP contribution in [0.25, 0.3) is 0 Å². The molecule has 0 aliphatic heterocycles. The first-order valence-electron chi connectivity index (χ1n) is 9.30. The van der Waals surface area contributed by atoms with Crippen molar-refractivity contribution < 1.29 is 14.3 Å². The summed E-state index contributed by atoms with van der Waals surface area (Å²) in [5.74, 6) is 0.572. The highest BCUT2D eigenvalue weighted by Gasteiger charge is 2.20. The lowest BCUT2D eigenvalue weighted by molar-refractivity contribution is 0.102. The molecular formula is C21H25N3O3. The van der Waals surface area contributed by atoms with Crippen molar-refractivity contribution in [2.75, 3.05) is 30.4 Å². The van der Waals surface area contributed by atoms with Crippen LogP contribution in [0.5, 0.6) is 0 Å². The van der Waals surface area contributed by atoms with Gasteiger partial charge in [0.25, 0.3) is 5.91 Å². The van der Waals surface area contributed by atoms with Gasteiger partial charge in [-0.1, -0.05) is 18.2 Å². The van der Waals surface area contributed by atoms with Crippen molar-refractivity contribution in [2.24, 2.45) is 5.92 Å². The van der Waals surface area contributed by atoms with E-state index in [9.17, 15) is 9.59 Å². The lowest BCUT2D eigenvalue weighted by Crippen LogP contribution is -2.30. The molecule has 1 fully saturated rings. The largest absolute Gasteiger partial charge is 0.381 e. The van der Waals surface area contributed by atoms with E-state index in [0.717, 1.165) is 24.6 Å². The van der Waals surface area contributed by atoms with Crippen LogP contribution in [0.1, 0.15) is 29.6 Å². The minimum Gasteiger partial charge on any atom is -0.381 e. The summed E-state index contributed by atoms with van der Waals surface area (Å²) in [6.45, 7) is 2.08. The number of anilines is 2. The fourth-order valence-electron chi connectivity index (χ4n) is 2.52. The number of rotatable bonds is 9. The summed E-state index contributed by atoms with van der Waals surface area (Å²) in [6, 6.07) is 15.8. The van der Waals surface area contributed by atoms with Crippen LogP contribution in [0.3, 0.4) is 0 Å². The van der Waals surface area contributed by atoms with E-state index in [4.69, 9.17) is 4.74 Å². The van der Waals surface area contributed by atoms with Gasteiger partial charge < -0.3 is 20.7 Å². The first-order valence-corrected chi connectivity index (χ1v) is 9.30. The van der Waals surface area contributed by atoms with E-state index in [1.54, 1.807) is 24.3 Å². The second-order valence-corrected chi connectivity index (χ2v) is 6.65. The van der Waals surface area contributed by atoms with Gasteiger partial charge in [0.1, 0.15) is 0 Å². The Morgan fingerprint density at radius 2 is 1.63 bits per heavy atom. The average molecular weight is 367 g/mol. The van der Waals surface area contributed by atoms with Crippen molar-refractivity contribution in [2.45, 2.75) is 19.3 Å². The molecule has 1 aliphatic rings. The number of carbonyl (C=O) groups excluding carboxylic acids is 2. The Hall–Kier alpha value is -2.86. The van der Waals surface area contributed by atoms with Crippen molar-refractivity contribution in [3.63, 3.8) is 0 Å². The van der Waals surface area contributed by atoms with E-state index in [2.05, 4.69) is 16.0 Å². The number of ether oxygens (including phenoxy) is 1. The van der Waals surface area contributed by atoms with Gasteiger partial charge in [-0.05, 0) is 61.6 Å². The number of hydrogen-bond acceptors (Lipinski definition) is 3. The van der Waals surface area contributed by atoms with Crippen molar-refractivity contribution in [1.29, 1.82) is 0 Å². The normalized spacial score (nSPS) is 13.0. The second-order valence-electron chi connectivity index (χ2n) is 6.65. The quantitative estimate of drug-likeness (QED) is 0.589. The Morgan fingerprint density at radius 3 is 2.33 bits per heavy atom. The fraction of sp³-hybridized carbons (Fsp3) is 0.333. The lowest BCUT2D eigenvalue weighted by Gasteiger charge is -2.09. The molecule has 0 bridgehead atoms. The number of hydrogen-bond donors (Lipinski definition) is 3. The summed E-state index contributed by atoms with van der Waals surface area (Å²) < 4.78 is 5.53. The molecule has 0 saturated heterocycles. The van der Waals surface area contributed by atoms with Gasteiger partial charge in [-0.15, -0.1) is 0 Å². The number of nitrogens with one attached hydrogen (secondary N) is 3. The molecule has 1 saturated carbocycles. The molecule has 1 aliphatic carbocycles. The Labute approximate surface area is 159 Å². The van der Waals surface area contributed by atoms with Crippen LogP contribution in [-0.2, 0) is 4.74 Å². The molecule has 0 aromatic heterocycles. The van der Waals surface area contributed by atoms with Crippen molar-refractivity contribution in [3.8, 4) is 0 Å². The highest BCUT2D eigenvalue weighted by Crippen LogP contribution is 2.28. The second kappa shape index (κ2) is 9.73. The van der Waals surface area contributed by atoms with Crippen molar-refractivity contribution >= 4 is 23.3 Å². The summed E-state index contributed by atoms with van der Waals surface area (Å²) >= 11 is 0. The molecule has 6 heteroatoms. The van der Waals surface area contributed by atoms with E-state index in [-0.39, 0.29) is 11.9 Å². The topological polar surface area (TPSA) is 79.5 Å². The smallest absolute Gasteiger partial charge is 0.319 e. The Morgan fingerprint density at radius 1 is 0.926 bits per heavy atom. The lowest BCUT2D eigenvalue weighted by atomic mass is 10.2. The zero-order valence-corrected chi connectivity index (χ0v) is 15.2. The highest BCUT2D eigenvalue weighted by atomic mass is 16.5. The molecule has 142 valence electrons. The molecule has 2 aromatic rings. The van der Waals surface area contributed by atoms with Gasteiger partial charge in [-0.3, -0.25) is 4.79 Å². The van der Waals surface area contributed by atoms with E-state index < -0.39 is 0 Å². The first kappa shape index (κ1) is 18.9. The van der Waals surface area contributed by atoms with Gasteiger partial charge in [0.15, 0.2) is 0 Å². The summed E-state index contributed by atoms with van der Waals surface area (Å²) in [7, 11) is 0. The van der Waals surface area contributed by atoms with Crippen LogP contribution in [0.4, 0.5) is 16.2 Å². The van der Waals surface area contributed by atoms with Crippen molar-refractivity contribution in [1.82, 2.24) is 5.32 Å². The Bertz CT molecular complexity index is 743. The van der Waals surface area contributed by atoms with Crippen LogP contribution in [0.15, 0.2) is 54.6 Å². The van der Waals surface area contributed by atoms with Crippen molar-refractivity contribution in [3.05, 3.63) is 60.2 Å². The monoisotopic (exact) mass is 367 g/mol. The Kier molecular flexibility index (Phi) is 6.82. The molecule has 27 heavy (non-hydrogen) atoms. The van der Waals surface area contributed by atoms with Crippen LogP contribution in [0, 0.1) is 5.92 Å². The molecule has 3 amide bonds. The molecule has 0 spiro atoms. The van der Waals surface area contributed by atoms with Gasteiger partial charge in [-0.2, -0.15) is 0 Å². The minimum atomic E-state index is -0.265. The maximum atomic E-state index is 12.2. The fourth-order valence-corrected chi connectivity index (χ4v) is 2.52. The number of carbonyl (C=O) groups is 2. The number of amides is 3. The summed E-state index contributed by atoms with van der Waals surface area (Å²) in [5.41, 5.74) is 1.90. The molecule has 0 radical (unpaired) electrons. The predicted octanol–water partition coefficient (Wildman–Crippen LogP) is 3.88. The predicted molar refractivity (Wildman–Crippen MR) is 106 cm³/mol. The zero-order chi connectivity index (χ0) is 18.9. The van der Waals surface area contributed by atoms with Crippen LogP contribution >= 0.6 is 0 Å². The number of para-hydroxylation sites is 1. The van der Waals surface area contributed by atoms with Gasteiger partial charge in [-0.25, -0.2) is 4.79 Å². The highest BCUT2D eigenvalue weighted by molar-refractivity contribution is 6.04. The third kappa shape index (κ3) is 6.75. The van der Waals surface area contributed by atoms with Gasteiger partial charge in [0.2, 0.25) is 0 Å². The van der Waals surface area contributed by atoms with Gasteiger partial charge >= 0.3 is 6.03 Å². The standard InChI is InChI=1S/C21H25N3O3/c25-20(23-18-5-2-1-3-6-18)17-9-11-19(12-10-17)24-21(26)22-13-4-14-27-15-16-7-8-16/h1-3,5-6,9-12,16H,4,7-8,13-15H2,(H,23,25)(H2,22,24,26).